The highest BCUT2D eigenvalue weighted by atomic mass is 79.9. The van der Waals surface area contributed by atoms with Crippen molar-refractivity contribution < 1.29 is 0 Å². The molecule has 5 rings (SSSR count). The Morgan fingerprint density at radius 2 is 1.10 bits per heavy atom. The highest BCUT2D eigenvalue weighted by Crippen LogP contribution is 2.43. The van der Waals surface area contributed by atoms with Crippen LogP contribution in [0.3, 0.4) is 0 Å². The van der Waals surface area contributed by atoms with Gasteiger partial charge in [-0.1, -0.05) is 112 Å². The first-order valence-electron chi connectivity index (χ1n) is 11.1. The van der Waals surface area contributed by atoms with Gasteiger partial charge in [0.1, 0.15) is 0 Å². The summed E-state index contributed by atoms with van der Waals surface area (Å²) in [5.41, 5.74) is 2.94. The van der Waals surface area contributed by atoms with E-state index in [1.165, 1.54) is 54.2 Å². The molecule has 5 aromatic carbocycles. The van der Waals surface area contributed by atoms with E-state index in [9.17, 15) is 0 Å². The highest BCUT2D eigenvalue weighted by Gasteiger charge is 2.21. The van der Waals surface area contributed by atoms with Crippen molar-refractivity contribution in [3.05, 3.63) is 82.3 Å². The Hall–Kier alpha value is -2.38. The molecule has 156 valence electrons. The molecule has 0 unspecified atom stereocenters. The fourth-order valence-corrected chi connectivity index (χ4v) is 5.32. The molecule has 0 heterocycles. The Kier molecular flexibility index (Phi) is 4.51. The molecular weight excluding hydrogens is 440 g/mol. The Morgan fingerprint density at radius 1 is 0.516 bits per heavy atom. The lowest BCUT2D eigenvalue weighted by atomic mass is 9.80. The summed E-state index contributed by atoms with van der Waals surface area (Å²) in [5.74, 6) is 0. The molecule has 1 heteroatoms. The second-order valence-corrected chi connectivity index (χ2v) is 11.7. The van der Waals surface area contributed by atoms with Crippen LogP contribution < -0.4 is 0 Å². The Morgan fingerprint density at radius 3 is 1.74 bits per heavy atom. The monoisotopic (exact) mass is 468 g/mol. The number of fused-ring (bicyclic) bond motifs is 7. The van der Waals surface area contributed by atoms with Crippen molar-refractivity contribution in [2.45, 2.75) is 52.4 Å². The average molecular weight is 469 g/mol. The number of halogens is 1. The van der Waals surface area contributed by atoms with Gasteiger partial charge in [-0.2, -0.15) is 0 Å². The van der Waals surface area contributed by atoms with Gasteiger partial charge < -0.3 is 0 Å². The van der Waals surface area contributed by atoms with E-state index in [1.807, 2.05) is 0 Å². The van der Waals surface area contributed by atoms with E-state index in [0.29, 0.717) is 0 Å². The molecule has 0 aliphatic rings. The van der Waals surface area contributed by atoms with Crippen molar-refractivity contribution in [3.8, 4) is 0 Å². The second-order valence-electron chi connectivity index (χ2n) is 10.8. The topological polar surface area (TPSA) is 0 Å². The summed E-state index contributed by atoms with van der Waals surface area (Å²) in [6, 6.07) is 25.2. The molecule has 0 saturated carbocycles. The van der Waals surface area contributed by atoms with Crippen LogP contribution in [0.25, 0.3) is 43.1 Å². The normalized spacial score (nSPS) is 13.0. The van der Waals surface area contributed by atoms with Crippen molar-refractivity contribution in [2.24, 2.45) is 0 Å². The maximum Gasteiger partial charge on any atom is 0.0254 e. The van der Waals surface area contributed by atoms with Gasteiger partial charge in [0.05, 0.1) is 0 Å². The third kappa shape index (κ3) is 3.26. The number of rotatable bonds is 0. The van der Waals surface area contributed by atoms with E-state index >= 15 is 0 Å². The lowest BCUT2D eigenvalue weighted by Gasteiger charge is -2.24. The molecule has 0 aromatic heterocycles. The zero-order chi connectivity index (χ0) is 22.1. The minimum Gasteiger partial charge on any atom is -0.0579 e. The summed E-state index contributed by atoms with van der Waals surface area (Å²) < 4.78 is 1.16. The van der Waals surface area contributed by atoms with E-state index < -0.39 is 0 Å². The van der Waals surface area contributed by atoms with E-state index in [4.69, 9.17) is 0 Å². The maximum absolute atomic E-state index is 3.84. The molecule has 5 aromatic rings. The molecule has 0 fully saturated rings. The van der Waals surface area contributed by atoms with Crippen molar-refractivity contribution in [1.29, 1.82) is 0 Å². The molecule has 0 nitrogen and oxygen atoms in total. The fraction of sp³-hybridized carbons (Fsp3) is 0.267. The number of hydrogen-bond acceptors (Lipinski definition) is 0. The third-order valence-electron chi connectivity index (χ3n) is 6.58. The van der Waals surface area contributed by atoms with Crippen LogP contribution in [0.2, 0.25) is 0 Å². The van der Waals surface area contributed by atoms with E-state index in [1.54, 1.807) is 0 Å². The molecule has 31 heavy (non-hydrogen) atoms. The lowest BCUT2D eigenvalue weighted by molar-refractivity contribution is 0.591. The first-order chi connectivity index (χ1) is 14.6. The van der Waals surface area contributed by atoms with Crippen molar-refractivity contribution in [1.82, 2.24) is 0 Å². The maximum atomic E-state index is 3.84. The fourth-order valence-electron chi connectivity index (χ4n) is 4.86. The SMILES string of the molecule is CC(C)(C)c1ccc2ccc3ccc4ccc5c(Br)ccc(C(C)(C)C)c5c4c3c2c1. The second kappa shape index (κ2) is 6.81. The molecule has 0 bridgehead atoms. The van der Waals surface area contributed by atoms with Crippen LogP contribution in [0.5, 0.6) is 0 Å². The van der Waals surface area contributed by atoms with Crippen LogP contribution >= 0.6 is 15.9 Å². The number of benzene rings is 5. The molecule has 0 aliphatic heterocycles. The summed E-state index contributed by atoms with van der Waals surface area (Å²) in [4.78, 5) is 0. The zero-order valence-electron chi connectivity index (χ0n) is 19.2. The molecule has 0 amide bonds. The molecule has 0 aliphatic carbocycles. The highest BCUT2D eigenvalue weighted by molar-refractivity contribution is 9.10. The molecule has 0 atom stereocenters. The van der Waals surface area contributed by atoms with Gasteiger partial charge in [-0.15, -0.1) is 0 Å². The van der Waals surface area contributed by atoms with Crippen molar-refractivity contribution in [2.75, 3.05) is 0 Å². The van der Waals surface area contributed by atoms with E-state index in [-0.39, 0.29) is 10.8 Å². The summed E-state index contributed by atoms with van der Waals surface area (Å²) in [5, 5.41) is 10.7. The molecule has 0 saturated heterocycles. The summed E-state index contributed by atoms with van der Waals surface area (Å²) in [7, 11) is 0. The lowest BCUT2D eigenvalue weighted by Crippen LogP contribution is -2.12. The van der Waals surface area contributed by atoms with Crippen LogP contribution in [0.15, 0.2) is 71.2 Å². The average Bonchev–Trinajstić information content (AvgIpc) is 2.71. The minimum absolute atomic E-state index is 0.0521. The first-order valence-corrected chi connectivity index (χ1v) is 11.9. The smallest absolute Gasteiger partial charge is 0.0254 e. The Labute approximate surface area is 193 Å². The van der Waals surface area contributed by atoms with E-state index in [0.717, 1.165) is 4.47 Å². The zero-order valence-corrected chi connectivity index (χ0v) is 20.8. The third-order valence-corrected chi connectivity index (χ3v) is 7.27. The van der Waals surface area contributed by atoms with Gasteiger partial charge in [-0.05, 0) is 77.2 Å². The Bertz CT molecular complexity index is 1490. The van der Waals surface area contributed by atoms with Crippen LogP contribution in [-0.2, 0) is 10.8 Å². The largest absolute Gasteiger partial charge is 0.0579 e. The van der Waals surface area contributed by atoms with Gasteiger partial charge in [0.2, 0.25) is 0 Å². The predicted molar refractivity (Wildman–Crippen MR) is 142 cm³/mol. The molecule has 0 N–H and O–H groups in total. The van der Waals surface area contributed by atoms with E-state index in [2.05, 4.69) is 124 Å². The van der Waals surface area contributed by atoms with Crippen molar-refractivity contribution in [3.63, 3.8) is 0 Å². The van der Waals surface area contributed by atoms with Gasteiger partial charge in [0.15, 0.2) is 0 Å². The summed E-state index contributed by atoms with van der Waals surface area (Å²) in [6.07, 6.45) is 0. The molecule has 0 spiro atoms. The standard InChI is InChI=1S/C30H29Br/c1-29(2,3)21-13-11-18-7-8-19-9-10-20-12-14-22-25(31)16-15-24(30(4,5)6)28(22)27(20)26(19)23(18)17-21/h7-17H,1-6H3. The molecule has 0 radical (unpaired) electrons. The van der Waals surface area contributed by atoms with Crippen LogP contribution in [-0.4, -0.2) is 0 Å². The Balaban J connectivity index is 2.11. The van der Waals surface area contributed by atoms with Gasteiger partial charge in [0, 0.05) is 4.47 Å². The van der Waals surface area contributed by atoms with Crippen molar-refractivity contribution >= 4 is 59.0 Å². The summed E-state index contributed by atoms with van der Waals surface area (Å²) >= 11 is 3.84. The quantitative estimate of drug-likeness (QED) is 0.198. The first kappa shape index (κ1) is 20.5. The van der Waals surface area contributed by atoms with Crippen LogP contribution in [0.1, 0.15) is 52.7 Å². The van der Waals surface area contributed by atoms with Gasteiger partial charge >= 0.3 is 0 Å². The van der Waals surface area contributed by atoms with Crippen LogP contribution in [0, 0.1) is 0 Å². The van der Waals surface area contributed by atoms with Gasteiger partial charge in [0.25, 0.3) is 0 Å². The molecular formula is C30H29Br. The van der Waals surface area contributed by atoms with Crippen LogP contribution in [0.4, 0.5) is 0 Å². The summed E-state index contributed by atoms with van der Waals surface area (Å²) in [6.45, 7) is 13.8. The minimum atomic E-state index is 0.0521. The van der Waals surface area contributed by atoms with Gasteiger partial charge in [-0.3, -0.25) is 0 Å². The predicted octanol–water partition coefficient (Wildman–Crippen LogP) is 9.66. The number of hydrogen-bond donors (Lipinski definition) is 0. The van der Waals surface area contributed by atoms with Gasteiger partial charge in [-0.25, -0.2) is 0 Å².